The lowest BCUT2D eigenvalue weighted by atomic mass is 10.2. The number of aliphatic hydroxyl groups is 1. The minimum absolute atomic E-state index is 0.140. The summed E-state index contributed by atoms with van der Waals surface area (Å²) in [5.41, 5.74) is 1.54. The van der Waals surface area contributed by atoms with Crippen molar-refractivity contribution >= 4 is 6.29 Å². The van der Waals surface area contributed by atoms with Gasteiger partial charge in [-0.25, -0.2) is 0 Å². The van der Waals surface area contributed by atoms with Crippen LogP contribution in [0.25, 0.3) is 0 Å². The summed E-state index contributed by atoms with van der Waals surface area (Å²) in [6.07, 6.45) is 0.722. The van der Waals surface area contributed by atoms with Crippen molar-refractivity contribution in [2.45, 2.75) is 13.5 Å². The van der Waals surface area contributed by atoms with E-state index in [4.69, 9.17) is 5.11 Å². The molecule has 0 unspecified atom stereocenters. The monoisotopic (exact) mass is 178 g/mol. The molecule has 1 N–H and O–H groups in total. The molecule has 1 aromatic rings. The topological polar surface area (TPSA) is 37.3 Å². The summed E-state index contributed by atoms with van der Waals surface area (Å²) < 4.78 is 0. The van der Waals surface area contributed by atoms with Crippen LogP contribution < -0.4 is 0 Å². The van der Waals surface area contributed by atoms with Crippen molar-refractivity contribution in [2.75, 3.05) is 0 Å². The van der Waals surface area contributed by atoms with Gasteiger partial charge in [0.2, 0.25) is 0 Å². The predicted molar refractivity (Wildman–Crippen MR) is 53.2 cm³/mol. The van der Waals surface area contributed by atoms with Crippen LogP contribution in [0, 0.1) is 0 Å². The molecule has 0 bridgehead atoms. The number of hydrogen-bond donors (Lipinski definition) is 1. The van der Waals surface area contributed by atoms with Crippen molar-refractivity contribution in [1.82, 2.24) is 0 Å². The van der Waals surface area contributed by atoms with Crippen LogP contribution >= 0.6 is 0 Å². The summed E-state index contributed by atoms with van der Waals surface area (Å²) in [4.78, 5) is 9.41. The molecule has 0 heterocycles. The molecule has 1 rings (SSSR count). The Morgan fingerprint density at radius 2 is 1.92 bits per heavy atom. The maximum Gasteiger partial charge on any atom is 0.145 e. The Bertz CT molecular complexity index is 252. The lowest BCUT2D eigenvalue weighted by Crippen LogP contribution is -1.77. The Balaban J connectivity index is 0.000000252. The maximum absolute atomic E-state index is 9.41. The Morgan fingerprint density at radius 1 is 1.46 bits per heavy atom. The zero-order valence-electron chi connectivity index (χ0n) is 7.73. The summed E-state index contributed by atoms with van der Waals surface area (Å²) in [5.74, 6) is 0. The molecule has 0 radical (unpaired) electrons. The van der Waals surface area contributed by atoms with Crippen molar-refractivity contribution in [3.05, 3.63) is 48.0 Å². The van der Waals surface area contributed by atoms with E-state index in [0.717, 1.165) is 11.8 Å². The second kappa shape index (κ2) is 7.25. The molecule has 0 aliphatic carbocycles. The van der Waals surface area contributed by atoms with Gasteiger partial charge in [-0.1, -0.05) is 36.9 Å². The van der Waals surface area contributed by atoms with Crippen molar-refractivity contribution < 1.29 is 9.90 Å². The van der Waals surface area contributed by atoms with Crippen LogP contribution in [0.4, 0.5) is 0 Å². The molecule has 0 aliphatic rings. The van der Waals surface area contributed by atoms with Gasteiger partial charge in [-0.05, 0) is 18.1 Å². The minimum atomic E-state index is 0.140. The third-order valence-electron chi connectivity index (χ3n) is 1.23. The van der Waals surface area contributed by atoms with Gasteiger partial charge in [0.05, 0.1) is 6.61 Å². The fraction of sp³-hybridized carbons (Fsp3) is 0.182. The van der Waals surface area contributed by atoms with Gasteiger partial charge >= 0.3 is 0 Å². The van der Waals surface area contributed by atoms with Crippen LogP contribution in [0.2, 0.25) is 0 Å². The summed E-state index contributed by atoms with van der Waals surface area (Å²) in [6.45, 7) is 5.10. The lowest BCUT2D eigenvalue weighted by Gasteiger charge is -1.89. The minimum Gasteiger partial charge on any atom is -0.392 e. The van der Waals surface area contributed by atoms with E-state index in [1.807, 2.05) is 30.3 Å². The molecule has 2 nitrogen and oxygen atoms in total. The van der Waals surface area contributed by atoms with Gasteiger partial charge < -0.3 is 5.11 Å². The van der Waals surface area contributed by atoms with Crippen molar-refractivity contribution in [1.29, 1.82) is 0 Å². The second-order valence-corrected chi connectivity index (χ2v) is 2.61. The highest BCUT2D eigenvalue weighted by atomic mass is 16.3. The van der Waals surface area contributed by atoms with Crippen molar-refractivity contribution in [2.24, 2.45) is 0 Å². The summed E-state index contributed by atoms with van der Waals surface area (Å²) in [6, 6.07) is 9.52. The third-order valence-corrected chi connectivity index (χ3v) is 1.23. The molecule has 1 aromatic carbocycles. The predicted octanol–water partition coefficient (Wildman–Crippen LogP) is 1.94. The van der Waals surface area contributed by atoms with Gasteiger partial charge in [-0.3, -0.25) is 4.79 Å². The zero-order valence-corrected chi connectivity index (χ0v) is 7.73. The molecule has 0 fully saturated rings. The van der Waals surface area contributed by atoms with Crippen LogP contribution in [0.3, 0.4) is 0 Å². The number of carbonyl (C=O) groups is 1. The Hall–Kier alpha value is -1.41. The molecule has 2 heteroatoms. The van der Waals surface area contributed by atoms with E-state index in [1.54, 1.807) is 6.92 Å². The number of allylic oxidation sites excluding steroid dienone is 1. The van der Waals surface area contributed by atoms with E-state index in [1.165, 1.54) is 0 Å². The van der Waals surface area contributed by atoms with Gasteiger partial charge in [0.15, 0.2) is 0 Å². The highest BCUT2D eigenvalue weighted by Gasteiger charge is 1.81. The molecule has 0 aromatic heterocycles. The number of hydrogen-bond acceptors (Lipinski definition) is 2. The Morgan fingerprint density at radius 3 is 2.15 bits per heavy atom. The Kier molecular flexibility index (Phi) is 6.46. The molecule has 0 atom stereocenters. The number of aldehydes is 1. The van der Waals surface area contributed by atoms with Crippen LogP contribution in [0.5, 0.6) is 0 Å². The van der Waals surface area contributed by atoms with E-state index in [2.05, 4.69) is 6.58 Å². The molecule has 0 amide bonds. The zero-order chi connectivity index (χ0) is 10.1. The van der Waals surface area contributed by atoms with E-state index in [0.29, 0.717) is 5.57 Å². The SMILES string of the molecule is C=C(C)C=O.OCc1ccccc1. The van der Waals surface area contributed by atoms with Crippen LogP contribution in [0.1, 0.15) is 12.5 Å². The van der Waals surface area contributed by atoms with E-state index >= 15 is 0 Å². The van der Waals surface area contributed by atoms with Gasteiger partial charge in [0.1, 0.15) is 6.29 Å². The fourth-order valence-electron chi connectivity index (χ4n) is 0.583. The first kappa shape index (κ1) is 11.6. The lowest BCUT2D eigenvalue weighted by molar-refractivity contribution is -0.104. The first-order chi connectivity index (χ1) is 6.20. The highest BCUT2D eigenvalue weighted by Crippen LogP contribution is 1.95. The van der Waals surface area contributed by atoms with Crippen LogP contribution in [-0.2, 0) is 11.4 Å². The van der Waals surface area contributed by atoms with E-state index in [9.17, 15) is 4.79 Å². The first-order valence-corrected chi connectivity index (χ1v) is 3.96. The van der Waals surface area contributed by atoms with Crippen LogP contribution in [-0.4, -0.2) is 11.4 Å². The maximum atomic E-state index is 9.41. The molecular weight excluding hydrogens is 164 g/mol. The number of benzene rings is 1. The third kappa shape index (κ3) is 6.97. The second-order valence-electron chi connectivity index (χ2n) is 2.61. The average molecular weight is 178 g/mol. The van der Waals surface area contributed by atoms with Crippen LogP contribution in [0.15, 0.2) is 42.5 Å². The normalized spacial score (nSPS) is 8.15. The summed E-state index contributed by atoms with van der Waals surface area (Å²) in [5, 5.41) is 8.54. The summed E-state index contributed by atoms with van der Waals surface area (Å²) >= 11 is 0. The average Bonchev–Trinajstić information content (AvgIpc) is 2.20. The van der Waals surface area contributed by atoms with Gasteiger partial charge in [-0.2, -0.15) is 0 Å². The molecular formula is C11H14O2. The molecule has 0 aliphatic heterocycles. The van der Waals surface area contributed by atoms with E-state index < -0.39 is 0 Å². The van der Waals surface area contributed by atoms with Crippen molar-refractivity contribution in [3.63, 3.8) is 0 Å². The largest absolute Gasteiger partial charge is 0.392 e. The Labute approximate surface area is 78.5 Å². The van der Waals surface area contributed by atoms with E-state index in [-0.39, 0.29) is 6.61 Å². The standard InChI is InChI=1S/C7H8O.C4H6O/c8-6-7-4-2-1-3-5-7;1-4(2)3-5/h1-5,8H,6H2;3H,1H2,2H3. The van der Waals surface area contributed by atoms with Gasteiger partial charge in [-0.15, -0.1) is 0 Å². The molecule has 0 spiro atoms. The number of carbonyl (C=O) groups excluding carboxylic acids is 1. The van der Waals surface area contributed by atoms with Gasteiger partial charge in [0.25, 0.3) is 0 Å². The number of aliphatic hydroxyl groups excluding tert-OH is 1. The summed E-state index contributed by atoms with van der Waals surface area (Å²) in [7, 11) is 0. The molecule has 13 heavy (non-hydrogen) atoms. The first-order valence-electron chi connectivity index (χ1n) is 3.96. The fourth-order valence-corrected chi connectivity index (χ4v) is 0.583. The molecule has 70 valence electrons. The highest BCUT2D eigenvalue weighted by molar-refractivity contribution is 5.70. The quantitative estimate of drug-likeness (QED) is 0.555. The molecule has 0 saturated carbocycles. The molecule has 0 saturated heterocycles. The number of rotatable bonds is 2. The smallest absolute Gasteiger partial charge is 0.145 e. The van der Waals surface area contributed by atoms with Crippen molar-refractivity contribution in [3.8, 4) is 0 Å². The van der Waals surface area contributed by atoms with Gasteiger partial charge in [0, 0.05) is 0 Å².